The van der Waals surface area contributed by atoms with Crippen LogP contribution in [0.4, 0.5) is 0 Å². The molecule has 0 unspecified atom stereocenters. The van der Waals surface area contributed by atoms with Gasteiger partial charge in [-0.2, -0.15) is 10.2 Å². The van der Waals surface area contributed by atoms with Crippen LogP contribution in [0.1, 0.15) is 49.6 Å². The van der Waals surface area contributed by atoms with Crippen molar-refractivity contribution in [3.05, 3.63) is 23.0 Å². The van der Waals surface area contributed by atoms with Gasteiger partial charge in [0.1, 0.15) is 0 Å². The minimum atomic E-state index is 0.916. The van der Waals surface area contributed by atoms with Gasteiger partial charge in [-0.1, -0.05) is 13.3 Å². The molecule has 2 rings (SSSR count). The minimum Gasteiger partial charge on any atom is -0.313 e. The summed E-state index contributed by atoms with van der Waals surface area (Å²) in [6.45, 7) is 9.98. The number of hydrogen-bond acceptors (Lipinski definition) is 4. The fourth-order valence-corrected chi connectivity index (χ4v) is 2.85. The van der Waals surface area contributed by atoms with E-state index in [0.717, 1.165) is 30.9 Å². The van der Waals surface area contributed by atoms with E-state index in [0.29, 0.717) is 0 Å². The van der Waals surface area contributed by atoms with Gasteiger partial charge >= 0.3 is 0 Å². The summed E-state index contributed by atoms with van der Waals surface area (Å²) in [5.41, 5.74) is 3.43. The maximum Gasteiger partial charge on any atom is 0.0673 e. The molecule has 4 nitrogen and oxygen atoms in total. The molecule has 1 aromatic rings. The van der Waals surface area contributed by atoms with Crippen molar-refractivity contribution < 1.29 is 0 Å². The van der Waals surface area contributed by atoms with Crippen molar-refractivity contribution in [3.8, 4) is 0 Å². The Labute approximate surface area is 123 Å². The maximum absolute atomic E-state index is 4.27. The number of rotatable bonds is 7. The molecule has 112 valence electrons. The van der Waals surface area contributed by atoms with Crippen molar-refractivity contribution in [3.63, 3.8) is 0 Å². The van der Waals surface area contributed by atoms with Crippen LogP contribution in [0.5, 0.6) is 0 Å². The van der Waals surface area contributed by atoms with E-state index in [1.807, 2.05) is 6.92 Å². The summed E-state index contributed by atoms with van der Waals surface area (Å²) in [6, 6.07) is 2.16. The van der Waals surface area contributed by atoms with Gasteiger partial charge in [0, 0.05) is 6.54 Å². The molecule has 1 N–H and O–H groups in total. The Morgan fingerprint density at radius 2 is 2.00 bits per heavy atom. The summed E-state index contributed by atoms with van der Waals surface area (Å²) >= 11 is 0. The Morgan fingerprint density at radius 3 is 2.75 bits per heavy atom. The lowest BCUT2D eigenvalue weighted by Crippen LogP contribution is -2.32. The van der Waals surface area contributed by atoms with Gasteiger partial charge in [-0.05, 0) is 70.4 Å². The van der Waals surface area contributed by atoms with E-state index in [1.165, 1.54) is 50.9 Å². The molecule has 0 saturated carbocycles. The van der Waals surface area contributed by atoms with Crippen molar-refractivity contribution in [1.29, 1.82) is 0 Å². The summed E-state index contributed by atoms with van der Waals surface area (Å²) in [7, 11) is 0. The molecule has 1 fully saturated rings. The molecule has 1 aromatic heterocycles. The maximum atomic E-state index is 4.27. The van der Waals surface area contributed by atoms with Crippen molar-refractivity contribution in [2.45, 2.75) is 52.5 Å². The molecule has 4 heteroatoms. The SMILES string of the molecule is CCc1nnc(C)cc1CNCCCN1CCCCC1. The molecule has 2 heterocycles. The summed E-state index contributed by atoms with van der Waals surface area (Å²) in [5, 5.41) is 12.0. The third-order valence-electron chi connectivity index (χ3n) is 4.01. The van der Waals surface area contributed by atoms with Crippen LogP contribution in [0.3, 0.4) is 0 Å². The van der Waals surface area contributed by atoms with Crippen molar-refractivity contribution in [2.75, 3.05) is 26.2 Å². The second kappa shape index (κ2) is 8.32. The molecular weight excluding hydrogens is 248 g/mol. The number of aryl methyl sites for hydroxylation is 2. The fraction of sp³-hybridized carbons (Fsp3) is 0.750. The molecule has 0 amide bonds. The molecule has 0 radical (unpaired) electrons. The average Bonchev–Trinajstić information content (AvgIpc) is 2.48. The van der Waals surface area contributed by atoms with Gasteiger partial charge < -0.3 is 10.2 Å². The third kappa shape index (κ3) is 4.84. The largest absolute Gasteiger partial charge is 0.313 e. The first-order chi connectivity index (χ1) is 9.79. The molecule has 0 aliphatic carbocycles. The number of nitrogens with one attached hydrogen (secondary N) is 1. The third-order valence-corrected chi connectivity index (χ3v) is 4.01. The molecule has 20 heavy (non-hydrogen) atoms. The molecule has 0 spiro atoms. The van der Waals surface area contributed by atoms with E-state index >= 15 is 0 Å². The van der Waals surface area contributed by atoms with E-state index in [9.17, 15) is 0 Å². The van der Waals surface area contributed by atoms with E-state index in [4.69, 9.17) is 0 Å². The molecule has 0 atom stereocenters. The van der Waals surface area contributed by atoms with Crippen LogP contribution >= 0.6 is 0 Å². The second-order valence-corrected chi connectivity index (χ2v) is 5.74. The Bertz CT molecular complexity index is 399. The Hall–Kier alpha value is -1.00. The predicted octanol–water partition coefficient (Wildman–Crippen LogP) is 2.31. The van der Waals surface area contributed by atoms with Gasteiger partial charge in [-0.3, -0.25) is 0 Å². The minimum absolute atomic E-state index is 0.916. The average molecular weight is 276 g/mol. The van der Waals surface area contributed by atoms with Crippen LogP contribution in [0, 0.1) is 6.92 Å². The molecular formula is C16H28N4. The predicted molar refractivity (Wildman–Crippen MR) is 82.8 cm³/mol. The lowest BCUT2D eigenvalue weighted by molar-refractivity contribution is 0.225. The van der Waals surface area contributed by atoms with Gasteiger partial charge in [-0.15, -0.1) is 0 Å². The lowest BCUT2D eigenvalue weighted by atomic mass is 10.1. The molecule has 1 aliphatic heterocycles. The zero-order valence-electron chi connectivity index (χ0n) is 13.0. The first-order valence-electron chi connectivity index (χ1n) is 8.04. The summed E-state index contributed by atoms with van der Waals surface area (Å²) in [6.07, 6.45) is 6.38. The monoisotopic (exact) mass is 276 g/mol. The number of aromatic nitrogens is 2. The number of nitrogens with zero attached hydrogens (tertiary/aromatic N) is 3. The van der Waals surface area contributed by atoms with Crippen molar-refractivity contribution >= 4 is 0 Å². The van der Waals surface area contributed by atoms with Crippen molar-refractivity contribution in [2.24, 2.45) is 0 Å². The number of hydrogen-bond donors (Lipinski definition) is 1. The zero-order chi connectivity index (χ0) is 14.2. The van der Waals surface area contributed by atoms with Crippen molar-refractivity contribution in [1.82, 2.24) is 20.4 Å². The van der Waals surface area contributed by atoms with Crippen LogP contribution in [0.15, 0.2) is 6.07 Å². The van der Waals surface area contributed by atoms with E-state index in [2.05, 4.69) is 33.4 Å². The second-order valence-electron chi connectivity index (χ2n) is 5.74. The normalized spacial score (nSPS) is 16.5. The van der Waals surface area contributed by atoms with Crippen LogP contribution in [0.25, 0.3) is 0 Å². The van der Waals surface area contributed by atoms with Crippen LogP contribution in [-0.2, 0) is 13.0 Å². The molecule has 1 saturated heterocycles. The van der Waals surface area contributed by atoms with Crippen LogP contribution in [-0.4, -0.2) is 41.3 Å². The topological polar surface area (TPSA) is 41.1 Å². The molecule has 0 aromatic carbocycles. The summed E-state index contributed by atoms with van der Waals surface area (Å²) in [4.78, 5) is 2.60. The van der Waals surface area contributed by atoms with Crippen LogP contribution in [0.2, 0.25) is 0 Å². The molecule has 1 aliphatic rings. The van der Waals surface area contributed by atoms with Crippen LogP contribution < -0.4 is 5.32 Å². The standard InChI is InChI=1S/C16H28N4/c1-3-16-15(12-14(2)18-19-16)13-17-8-7-11-20-9-5-4-6-10-20/h12,17H,3-11,13H2,1-2H3. The van der Waals surface area contributed by atoms with Gasteiger partial charge in [0.15, 0.2) is 0 Å². The van der Waals surface area contributed by atoms with Gasteiger partial charge in [-0.25, -0.2) is 0 Å². The quantitative estimate of drug-likeness (QED) is 0.776. The lowest BCUT2D eigenvalue weighted by Gasteiger charge is -2.26. The Kier molecular flexibility index (Phi) is 6.40. The summed E-state index contributed by atoms with van der Waals surface area (Å²) < 4.78 is 0. The highest BCUT2D eigenvalue weighted by molar-refractivity contribution is 5.20. The Balaban J connectivity index is 1.66. The van der Waals surface area contributed by atoms with E-state index < -0.39 is 0 Å². The first-order valence-corrected chi connectivity index (χ1v) is 8.04. The summed E-state index contributed by atoms with van der Waals surface area (Å²) in [5.74, 6) is 0. The van der Waals surface area contributed by atoms with E-state index in [-0.39, 0.29) is 0 Å². The van der Waals surface area contributed by atoms with Gasteiger partial charge in [0.25, 0.3) is 0 Å². The Morgan fingerprint density at radius 1 is 1.20 bits per heavy atom. The highest BCUT2D eigenvalue weighted by Crippen LogP contribution is 2.09. The molecule has 0 bridgehead atoms. The smallest absolute Gasteiger partial charge is 0.0673 e. The first kappa shape index (κ1) is 15.4. The van der Waals surface area contributed by atoms with Gasteiger partial charge in [0.05, 0.1) is 11.4 Å². The van der Waals surface area contributed by atoms with E-state index in [1.54, 1.807) is 0 Å². The highest BCUT2D eigenvalue weighted by atomic mass is 15.1. The zero-order valence-corrected chi connectivity index (χ0v) is 13.0. The highest BCUT2D eigenvalue weighted by Gasteiger charge is 2.09. The number of piperidine rings is 1. The fourth-order valence-electron chi connectivity index (χ4n) is 2.85. The number of likely N-dealkylation sites (tertiary alicyclic amines) is 1. The van der Waals surface area contributed by atoms with Gasteiger partial charge in [0.2, 0.25) is 0 Å².